The van der Waals surface area contributed by atoms with E-state index in [9.17, 15) is 9.59 Å². The molecule has 150 valence electrons. The maximum atomic E-state index is 13.5. The van der Waals surface area contributed by atoms with Gasteiger partial charge in [0.05, 0.1) is 11.3 Å². The first-order valence-electron chi connectivity index (χ1n) is 9.64. The number of imide groups is 1. The van der Waals surface area contributed by atoms with Gasteiger partial charge in [-0.25, -0.2) is 4.90 Å². The lowest BCUT2D eigenvalue weighted by Gasteiger charge is -2.17. The standard InChI is InChI=1S/C25H21BrN2O2/c1-15-7-9-18(10-8-15)22-23(27-20-6-4-5-19(26)14-20)25(30)28(24(22)29)21-12-16(2)11-17(3)13-21/h4-14,27H,1-3H3. The molecular weight excluding hydrogens is 440 g/mol. The summed E-state index contributed by atoms with van der Waals surface area (Å²) >= 11 is 3.45. The van der Waals surface area contributed by atoms with Crippen molar-refractivity contribution in [2.45, 2.75) is 20.8 Å². The number of benzene rings is 3. The van der Waals surface area contributed by atoms with E-state index in [0.29, 0.717) is 16.8 Å². The zero-order chi connectivity index (χ0) is 21.4. The highest BCUT2D eigenvalue weighted by Gasteiger charge is 2.40. The summed E-state index contributed by atoms with van der Waals surface area (Å²) in [6, 6.07) is 20.9. The zero-order valence-corrected chi connectivity index (χ0v) is 18.6. The van der Waals surface area contributed by atoms with E-state index >= 15 is 0 Å². The molecule has 1 aliphatic heterocycles. The molecule has 30 heavy (non-hydrogen) atoms. The van der Waals surface area contributed by atoms with Crippen LogP contribution < -0.4 is 10.2 Å². The van der Waals surface area contributed by atoms with Crippen molar-refractivity contribution >= 4 is 44.7 Å². The number of aryl methyl sites for hydroxylation is 3. The normalized spacial score (nSPS) is 13.9. The van der Waals surface area contributed by atoms with Crippen LogP contribution in [0.2, 0.25) is 0 Å². The molecule has 1 N–H and O–H groups in total. The van der Waals surface area contributed by atoms with Gasteiger partial charge in [-0.15, -0.1) is 0 Å². The molecule has 3 aromatic rings. The summed E-state index contributed by atoms with van der Waals surface area (Å²) in [6.07, 6.45) is 0. The van der Waals surface area contributed by atoms with Gasteiger partial charge < -0.3 is 5.32 Å². The van der Waals surface area contributed by atoms with Crippen LogP contribution in [0, 0.1) is 20.8 Å². The molecule has 0 atom stereocenters. The number of halogens is 1. The van der Waals surface area contributed by atoms with Gasteiger partial charge in [-0.2, -0.15) is 0 Å². The highest BCUT2D eigenvalue weighted by atomic mass is 79.9. The Hall–Kier alpha value is -3.18. The highest BCUT2D eigenvalue weighted by molar-refractivity contribution is 9.10. The van der Waals surface area contributed by atoms with Crippen LogP contribution in [0.3, 0.4) is 0 Å². The smallest absolute Gasteiger partial charge is 0.282 e. The summed E-state index contributed by atoms with van der Waals surface area (Å²) in [5, 5.41) is 3.19. The third-order valence-corrected chi connectivity index (χ3v) is 5.48. The lowest BCUT2D eigenvalue weighted by Crippen LogP contribution is -2.32. The van der Waals surface area contributed by atoms with Gasteiger partial charge in [0, 0.05) is 10.2 Å². The number of hydrogen-bond donors (Lipinski definition) is 1. The molecule has 1 heterocycles. The molecule has 5 heteroatoms. The van der Waals surface area contributed by atoms with Crippen molar-refractivity contribution in [3.63, 3.8) is 0 Å². The zero-order valence-electron chi connectivity index (χ0n) is 17.0. The van der Waals surface area contributed by atoms with Crippen LogP contribution in [0.1, 0.15) is 22.3 Å². The Kier molecular flexibility index (Phi) is 5.31. The minimum absolute atomic E-state index is 0.279. The molecule has 3 aromatic carbocycles. The van der Waals surface area contributed by atoms with E-state index in [-0.39, 0.29) is 17.5 Å². The van der Waals surface area contributed by atoms with Crippen LogP contribution in [0.4, 0.5) is 11.4 Å². The summed E-state index contributed by atoms with van der Waals surface area (Å²) in [5.41, 5.74) is 5.75. The Balaban J connectivity index is 1.84. The van der Waals surface area contributed by atoms with Crippen molar-refractivity contribution in [1.29, 1.82) is 0 Å². The number of nitrogens with zero attached hydrogens (tertiary/aromatic N) is 1. The molecule has 2 amide bonds. The summed E-state index contributed by atoms with van der Waals surface area (Å²) in [7, 11) is 0. The maximum absolute atomic E-state index is 13.5. The van der Waals surface area contributed by atoms with Gasteiger partial charge in [0.25, 0.3) is 11.8 Å². The van der Waals surface area contributed by atoms with Gasteiger partial charge in [-0.05, 0) is 67.8 Å². The number of hydrogen-bond acceptors (Lipinski definition) is 3. The van der Waals surface area contributed by atoms with Crippen molar-refractivity contribution < 1.29 is 9.59 Å². The fraction of sp³-hybridized carbons (Fsp3) is 0.120. The van der Waals surface area contributed by atoms with Crippen LogP contribution in [0.5, 0.6) is 0 Å². The van der Waals surface area contributed by atoms with E-state index in [1.54, 1.807) is 0 Å². The molecule has 0 spiro atoms. The molecule has 0 aliphatic carbocycles. The number of carbonyl (C=O) groups excluding carboxylic acids is 2. The Bertz CT molecular complexity index is 1180. The van der Waals surface area contributed by atoms with Crippen molar-refractivity contribution in [2.24, 2.45) is 0 Å². The minimum atomic E-state index is -0.361. The highest BCUT2D eigenvalue weighted by Crippen LogP contribution is 2.34. The van der Waals surface area contributed by atoms with Gasteiger partial charge in [-0.3, -0.25) is 9.59 Å². The Morgan fingerprint density at radius 3 is 2.07 bits per heavy atom. The molecule has 0 saturated carbocycles. The predicted molar refractivity (Wildman–Crippen MR) is 124 cm³/mol. The molecule has 0 bridgehead atoms. The van der Waals surface area contributed by atoms with Crippen molar-refractivity contribution in [2.75, 3.05) is 10.2 Å². The second-order valence-electron chi connectivity index (χ2n) is 7.54. The SMILES string of the molecule is Cc1ccc(C2=C(Nc3cccc(Br)c3)C(=O)N(c3cc(C)cc(C)c3)C2=O)cc1. The van der Waals surface area contributed by atoms with Gasteiger partial charge in [0.15, 0.2) is 0 Å². The number of amides is 2. The molecule has 4 rings (SSSR count). The molecule has 1 aliphatic rings. The molecule has 0 radical (unpaired) electrons. The maximum Gasteiger partial charge on any atom is 0.282 e. The van der Waals surface area contributed by atoms with Crippen LogP contribution >= 0.6 is 15.9 Å². The predicted octanol–water partition coefficient (Wildman–Crippen LogP) is 5.77. The number of nitrogens with one attached hydrogen (secondary N) is 1. The first-order valence-corrected chi connectivity index (χ1v) is 10.4. The Morgan fingerprint density at radius 2 is 1.43 bits per heavy atom. The van der Waals surface area contributed by atoms with Crippen LogP contribution in [-0.2, 0) is 9.59 Å². The topological polar surface area (TPSA) is 49.4 Å². The third-order valence-electron chi connectivity index (χ3n) is 4.98. The molecule has 0 unspecified atom stereocenters. The number of carbonyl (C=O) groups is 2. The largest absolute Gasteiger partial charge is 0.350 e. The number of rotatable bonds is 4. The van der Waals surface area contributed by atoms with E-state index in [1.807, 2.05) is 87.5 Å². The molecule has 0 aromatic heterocycles. The Morgan fingerprint density at radius 1 is 0.767 bits per heavy atom. The lowest BCUT2D eigenvalue weighted by molar-refractivity contribution is -0.120. The first kappa shape index (κ1) is 20.1. The second-order valence-corrected chi connectivity index (χ2v) is 8.46. The first-order chi connectivity index (χ1) is 14.3. The fourth-order valence-electron chi connectivity index (χ4n) is 3.66. The van der Waals surface area contributed by atoms with Crippen molar-refractivity contribution in [3.05, 3.63) is 99.2 Å². The average molecular weight is 461 g/mol. The minimum Gasteiger partial charge on any atom is -0.350 e. The van der Waals surface area contributed by atoms with E-state index in [2.05, 4.69) is 21.2 Å². The van der Waals surface area contributed by atoms with Crippen LogP contribution in [0.25, 0.3) is 5.57 Å². The van der Waals surface area contributed by atoms with Crippen LogP contribution in [-0.4, -0.2) is 11.8 Å². The fourth-order valence-corrected chi connectivity index (χ4v) is 4.06. The molecule has 4 nitrogen and oxygen atoms in total. The Labute approximate surface area is 184 Å². The molecular formula is C25H21BrN2O2. The van der Waals surface area contributed by atoms with Gasteiger partial charge in [-0.1, -0.05) is 57.9 Å². The summed E-state index contributed by atoms with van der Waals surface area (Å²) in [6.45, 7) is 5.90. The second kappa shape index (κ2) is 7.92. The van der Waals surface area contributed by atoms with E-state index in [0.717, 1.165) is 26.9 Å². The quantitative estimate of drug-likeness (QED) is 0.502. The van der Waals surface area contributed by atoms with E-state index < -0.39 is 0 Å². The lowest BCUT2D eigenvalue weighted by atomic mass is 10.0. The summed E-state index contributed by atoms with van der Waals surface area (Å²) < 4.78 is 0.882. The van der Waals surface area contributed by atoms with Crippen molar-refractivity contribution in [1.82, 2.24) is 0 Å². The third kappa shape index (κ3) is 3.81. The average Bonchev–Trinajstić information content (AvgIpc) is 2.92. The monoisotopic (exact) mass is 460 g/mol. The molecule has 0 fully saturated rings. The van der Waals surface area contributed by atoms with Crippen LogP contribution in [0.15, 0.2) is 76.9 Å². The number of anilines is 2. The van der Waals surface area contributed by atoms with E-state index in [1.165, 1.54) is 4.90 Å². The van der Waals surface area contributed by atoms with Gasteiger partial charge in [0.1, 0.15) is 5.70 Å². The summed E-state index contributed by atoms with van der Waals surface area (Å²) in [4.78, 5) is 28.2. The molecule has 0 saturated heterocycles. The van der Waals surface area contributed by atoms with Crippen molar-refractivity contribution in [3.8, 4) is 0 Å². The summed E-state index contributed by atoms with van der Waals surface area (Å²) in [5.74, 6) is -0.688. The van der Waals surface area contributed by atoms with Gasteiger partial charge >= 0.3 is 0 Å². The van der Waals surface area contributed by atoms with E-state index in [4.69, 9.17) is 0 Å². The van der Waals surface area contributed by atoms with Gasteiger partial charge in [0.2, 0.25) is 0 Å².